The summed E-state index contributed by atoms with van der Waals surface area (Å²) in [7, 11) is 0. The van der Waals surface area contributed by atoms with Gasteiger partial charge in [-0.05, 0) is 80.3 Å². The smallest absolute Gasteiger partial charge is 0.0500 e. The van der Waals surface area contributed by atoms with Gasteiger partial charge in [-0.25, -0.2) is 0 Å². The molecule has 0 fully saturated rings. The normalized spacial score (nSPS) is 14.2. The average Bonchev–Trinajstić information content (AvgIpc) is 3.41. The second-order valence-corrected chi connectivity index (χ2v) is 11.8. The second kappa shape index (κ2) is 11.4. The van der Waals surface area contributed by atoms with Crippen LogP contribution in [0.2, 0.25) is 0 Å². The SMILES string of the molecule is C=C1/C=C\C=C/Cc2ccccc2-c2ccc(-c3ccc(-c4ccc5c6ccccc6n(Cc6ccccc6)c5c4)cc3)cc21. The minimum atomic E-state index is 0.840. The van der Waals surface area contributed by atoms with E-state index in [-0.39, 0.29) is 0 Å². The molecule has 6 aromatic carbocycles. The largest absolute Gasteiger partial charge is 0.336 e. The van der Waals surface area contributed by atoms with Gasteiger partial charge in [0.25, 0.3) is 0 Å². The van der Waals surface area contributed by atoms with E-state index in [1.54, 1.807) is 0 Å². The van der Waals surface area contributed by atoms with E-state index in [1.165, 1.54) is 71.9 Å². The molecule has 0 saturated carbocycles. The summed E-state index contributed by atoms with van der Waals surface area (Å²) >= 11 is 0. The van der Waals surface area contributed by atoms with Crippen LogP contribution in [0.15, 0.2) is 170 Å². The summed E-state index contributed by atoms with van der Waals surface area (Å²) in [6.45, 7) is 5.28. The van der Waals surface area contributed by atoms with Gasteiger partial charge in [0.1, 0.15) is 0 Å². The van der Waals surface area contributed by atoms with E-state index in [1.807, 2.05) is 0 Å². The number of aromatic nitrogens is 1. The molecule has 1 heterocycles. The Labute approximate surface area is 264 Å². The van der Waals surface area contributed by atoms with Gasteiger partial charge in [-0.2, -0.15) is 0 Å². The van der Waals surface area contributed by atoms with Gasteiger partial charge in [0.2, 0.25) is 0 Å². The van der Waals surface area contributed by atoms with Crippen LogP contribution in [0.1, 0.15) is 16.7 Å². The van der Waals surface area contributed by atoms with Gasteiger partial charge >= 0.3 is 0 Å². The Hall–Kier alpha value is -5.66. The first kappa shape index (κ1) is 26.9. The van der Waals surface area contributed by atoms with Gasteiger partial charge in [-0.15, -0.1) is 0 Å². The molecule has 0 unspecified atom stereocenters. The number of hydrogen-bond acceptors (Lipinski definition) is 0. The van der Waals surface area contributed by atoms with Crippen LogP contribution in [-0.4, -0.2) is 4.57 Å². The molecule has 0 amide bonds. The number of hydrogen-bond donors (Lipinski definition) is 0. The lowest BCUT2D eigenvalue weighted by molar-refractivity contribution is 0.869. The fourth-order valence-corrected chi connectivity index (χ4v) is 6.74. The molecule has 0 N–H and O–H groups in total. The first-order valence-corrected chi connectivity index (χ1v) is 15.6. The van der Waals surface area contributed by atoms with Crippen LogP contribution in [0.4, 0.5) is 0 Å². The van der Waals surface area contributed by atoms with Crippen molar-refractivity contribution in [2.24, 2.45) is 0 Å². The zero-order valence-corrected chi connectivity index (χ0v) is 25.2. The van der Waals surface area contributed by atoms with Crippen LogP contribution in [0, 0.1) is 0 Å². The minimum absolute atomic E-state index is 0.840. The number of rotatable bonds is 4. The van der Waals surface area contributed by atoms with Crippen LogP contribution in [0.5, 0.6) is 0 Å². The van der Waals surface area contributed by atoms with Gasteiger partial charge in [0.15, 0.2) is 0 Å². The fraction of sp³-hybridized carbons (Fsp3) is 0.0455. The molecule has 1 aliphatic carbocycles. The van der Waals surface area contributed by atoms with E-state index >= 15 is 0 Å². The lowest BCUT2D eigenvalue weighted by Gasteiger charge is -2.16. The van der Waals surface area contributed by atoms with Crippen molar-refractivity contribution in [3.05, 3.63) is 187 Å². The Morgan fingerprint density at radius 3 is 2.02 bits per heavy atom. The van der Waals surface area contributed by atoms with Gasteiger partial charge in [0, 0.05) is 22.8 Å². The number of allylic oxidation sites excluding steroid dienone is 5. The van der Waals surface area contributed by atoms with Crippen molar-refractivity contribution in [3.63, 3.8) is 0 Å². The first-order chi connectivity index (χ1) is 22.2. The predicted molar refractivity (Wildman–Crippen MR) is 192 cm³/mol. The summed E-state index contributed by atoms with van der Waals surface area (Å²) in [5.41, 5.74) is 14.7. The van der Waals surface area contributed by atoms with E-state index < -0.39 is 0 Å². The minimum Gasteiger partial charge on any atom is -0.336 e. The summed E-state index contributed by atoms with van der Waals surface area (Å²) < 4.78 is 2.45. The second-order valence-electron chi connectivity index (χ2n) is 11.8. The van der Waals surface area contributed by atoms with E-state index in [9.17, 15) is 0 Å². The first-order valence-electron chi connectivity index (χ1n) is 15.6. The van der Waals surface area contributed by atoms with Gasteiger partial charge < -0.3 is 4.57 Å². The quantitative estimate of drug-likeness (QED) is 0.197. The van der Waals surface area contributed by atoms with Crippen LogP contribution < -0.4 is 0 Å². The molecule has 0 bridgehead atoms. The van der Waals surface area contributed by atoms with Crippen LogP contribution in [0.25, 0.3) is 60.8 Å². The molecule has 0 atom stereocenters. The number of benzene rings is 6. The Morgan fingerprint density at radius 1 is 0.511 bits per heavy atom. The molecule has 0 aliphatic heterocycles. The third-order valence-corrected chi connectivity index (χ3v) is 9.06. The average molecular weight is 576 g/mol. The van der Waals surface area contributed by atoms with Crippen molar-refractivity contribution in [2.75, 3.05) is 0 Å². The molecule has 214 valence electrons. The molecule has 0 radical (unpaired) electrons. The van der Waals surface area contributed by atoms with Gasteiger partial charge in [-0.1, -0.05) is 152 Å². The van der Waals surface area contributed by atoms with Gasteiger partial charge in [-0.3, -0.25) is 0 Å². The third kappa shape index (κ3) is 5.03. The van der Waals surface area contributed by atoms with Crippen molar-refractivity contribution in [2.45, 2.75) is 13.0 Å². The fourth-order valence-electron chi connectivity index (χ4n) is 6.74. The molecule has 1 aliphatic rings. The Balaban J connectivity index is 1.17. The van der Waals surface area contributed by atoms with Crippen molar-refractivity contribution in [1.29, 1.82) is 0 Å². The van der Waals surface area contributed by atoms with Crippen molar-refractivity contribution >= 4 is 27.4 Å². The molecule has 8 rings (SSSR count). The van der Waals surface area contributed by atoms with Crippen molar-refractivity contribution in [1.82, 2.24) is 4.57 Å². The van der Waals surface area contributed by atoms with E-state index in [0.717, 1.165) is 18.5 Å². The summed E-state index contributed by atoms with van der Waals surface area (Å²) in [4.78, 5) is 0. The molecular weight excluding hydrogens is 542 g/mol. The zero-order chi connectivity index (χ0) is 30.2. The molecule has 0 spiro atoms. The lowest BCUT2D eigenvalue weighted by atomic mass is 9.88. The van der Waals surface area contributed by atoms with E-state index in [4.69, 9.17) is 0 Å². The maximum absolute atomic E-state index is 4.44. The molecule has 0 saturated heterocycles. The van der Waals surface area contributed by atoms with E-state index in [2.05, 4.69) is 175 Å². The van der Waals surface area contributed by atoms with Crippen molar-refractivity contribution < 1.29 is 0 Å². The predicted octanol–water partition coefficient (Wildman–Crippen LogP) is 11.5. The highest BCUT2D eigenvalue weighted by atomic mass is 15.0. The molecule has 1 aromatic heterocycles. The molecule has 45 heavy (non-hydrogen) atoms. The molecule has 1 nitrogen and oxygen atoms in total. The molecular formula is C44H33N. The van der Waals surface area contributed by atoms with E-state index in [0.29, 0.717) is 0 Å². The standard InChI is InChI=1S/C44H33N/c1-31-12-4-2-7-15-35-16-8-9-17-38(35)39-26-24-36(28-42(31)39)33-20-22-34(23-21-33)37-25-27-41-40-18-10-11-19-43(40)45(44(41)29-37)30-32-13-5-3-6-14-32/h2-14,16-29H,1,15,30H2/b7-2-,12-4-. The van der Waals surface area contributed by atoms with Crippen LogP contribution in [-0.2, 0) is 13.0 Å². The highest BCUT2D eigenvalue weighted by Gasteiger charge is 2.14. The van der Waals surface area contributed by atoms with Crippen LogP contribution in [0.3, 0.4) is 0 Å². The number of nitrogens with zero attached hydrogens (tertiary/aromatic N) is 1. The Bertz CT molecular complexity index is 2260. The Morgan fingerprint density at radius 2 is 1.18 bits per heavy atom. The van der Waals surface area contributed by atoms with Crippen molar-refractivity contribution in [3.8, 4) is 33.4 Å². The highest BCUT2D eigenvalue weighted by Crippen LogP contribution is 2.37. The maximum Gasteiger partial charge on any atom is 0.0500 e. The summed E-state index contributed by atoms with van der Waals surface area (Å²) in [5.74, 6) is 0. The summed E-state index contributed by atoms with van der Waals surface area (Å²) in [5, 5.41) is 2.59. The Kier molecular flexibility index (Phi) is 6.85. The summed E-state index contributed by atoms with van der Waals surface area (Å²) in [6, 6.07) is 50.9. The highest BCUT2D eigenvalue weighted by molar-refractivity contribution is 6.09. The molecule has 7 aromatic rings. The zero-order valence-electron chi connectivity index (χ0n) is 25.2. The third-order valence-electron chi connectivity index (χ3n) is 9.06. The number of fused-ring (bicyclic) bond motifs is 6. The number of para-hydroxylation sites is 1. The monoisotopic (exact) mass is 575 g/mol. The van der Waals surface area contributed by atoms with Crippen LogP contribution >= 0.6 is 0 Å². The van der Waals surface area contributed by atoms with Gasteiger partial charge in [0.05, 0.1) is 5.52 Å². The molecule has 1 heteroatoms. The topological polar surface area (TPSA) is 4.93 Å². The maximum atomic E-state index is 4.44. The summed E-state index contributed by atoms with van der Waals surface area (Å²) in [6.07, 6.45) is 9.45. The lowest BCUT2D eigenvalue weighted by Crippen LogP contribution is -1.99.